The van der Waals surface area contributed by atoms with Crippen LogP contribution in [0.15, 0.2) is 103 Å². The van der Waals surface area contributed by atoms with Gasteiger partial charge in [-0.3, -0.25) is 10.1 Å². The lowest BCUT2D eigenvalue weighted by molar-refractivity contribution is -0.118. The molecule has 0 aromatic heterocycles. The van der Waals surface area contributed by atoms with Crippen LogP contribution < -0.4 is 16.0 Å². The minimum atomic E-state index is -1.18. The number of rotatable bonds is 6. The molecule has 1 atom stereocenters. The summed E-state index contributed by atoms with van der Waals surface area (Å²) in [5, 5.41) is 16.6. The molecule has 0 spiro atoms. The quantitative estimate of drug-likeness (QED) is 0.265. The lowest BCUT2D eigenvalue weighted by Crippen LogP contribution is -2.37. The van der Waals surface area contributed by atoms with E-state index in [4.69, 9.17) is 9.84 Å². The zero-order valence-electron chi connectivity index (χ0n) is 19.5. The van der Waals surface area contributed by atoms with Crippen LogP contribution in [0.3, 0.4) is 0 Å². The Morgan fingerprint density at radius 2 is 1.19 bits per heavy atom. The molecule has 0 radical (unpaired) electrons. The average Bonchev–Trinajstić information content (AvgIpc) is 3.22. The predicted molar refractivity (Wildman–Crippen MR) is 139 cm³/mol. The Hall–Kier alpha value is -5.11. The van der Waals surface area contributed by atoms with Gasteiger partial charge in [-0.15, -0.1) is 0 Å². The number of hydrogen-bond donors (Lipinski definition) is 4. The summed E-state index contributed by atoms with van der Waals surface area (Å²) in [5.74, 6) is -0.477. The second kappa shape index (κ2) is 10.2. The SMILES string of the molecule is O=C(O)Nc1ccc(NC(=O)C(NC(=O)OC2c3ccccc3-c3ccccc32)c2ccccc2)cc1. The molecule has 8 heteroatoms. The maximum atomic E-state index is 13.3. The van der Waals surface area contributed by atoms with Crippen molar-refractivity contribution < 1.29 is 24.2 Å². The Morgan fingerprint density at radius 3 is 1.76 bits per heavy atom. The van der Waals surface area contributed by atoms with Gasteiger partial charge >= 0.3 is 12.2 Å². The molecule has 4 N–H and O–H groups in total. The van der Waals surface area contributed by atoms with Crippen molar-refractivity contribution in [2.24, 2.45) is 0 Å². The van der Waals surface area contributed by atoms with Crippen molar-refractivity contribution in [3.05, 3.63) is 120 Å². The van der Waals surface area contributed by atoms with E-state index < -0.39 is 30.2 Å². The third kappa shape index (κ3) is 5.13. The van der Waals surface area contributed by atoms with Gasteiger partial charge in [0.25, 0.3) is 5.91 Å². The summed E-state index contributed by atoms with van der Waals surface area (Å²) in [4.78, 5) is 37.2. The van der Waals surface area contributed by atoms with Gasteiger partial charge in [0.05, 0.1) is 0 Å². The van der Waals surface area contributed by atoms with Crippen molar-refractivity contribution in [2.75, 3.05) is 10.6 Å². The molecular formula is C29H23N3O5. The molecule has 4 aromatic carbocycles. The Balaban J connectivity index is 1.35. The number of anilines is 2. The van der Waals surface area contributed by atoms with Gasteiger partial charge in [0.1, 0.15) is 6.04 Å². The van der Waals surface area contributed by atoms with E-state index >= 15 is 0 Å². The fourth-order valence-electron chi connectivity index (χ4n) is 4.42. The number of benzene rings is 4. The minimum absolute atomic E-state index is 0.365. The smallest absolute Gasteiger partial charge is 0.409 e. The summed E-state index contributed by atoms with van der Waals surface area (Å²) in [6, 6.07) is 29.5. The van der Waals surface area contributed by atoms with Gasteiger partial charge < -0.3 is 20.5 Å². The fraction of sp³-hybridized carbons (Fsp3) is 0.0690. The van der Waals surface area contributed by atoms with E-state index in [1.165, 1.54) is 12.1 Å². The highest BCUT2D eigenvalue weighted by molar-refractivity contribution is 5.97. The van der Waals surface area contributed by atoms with Gasteiger partial charge in [0, 0.05) is 22.5 Å². The highest BCUT2D eigenvalue weighted by Crippen LogP contribution is 2.45. The summed E-state index contributed by atoms with van der Waals surface area (Å²) < 4.78 is 5.88. The molecule has 0 saturated carbocycles. The zero-order valence-corrected chi connectivity index (χ0v) is 19.5. The lowest BCUT2D eigenvalue weighted by Gasteiger charge is -2.21. The molecule has 4 aromatic rings. The van der Waals surface area contributed by atoms with E-state index in [1.54, 1.807) is 36.4 Å². The predicted octanol–water partition coefficient (Wildman–Crippen LogP) is 5.95. The maximum absolute atomic E-state index is 13.3. The van der Waals surface area contributed by atoms with E-state index in [9.17, 15) is 14.4 Å². The number of hydrogen-bond acceptors (Lipinski definition) is 4. The molecule has 0 fully saturated rings. The van der Waals surface area contributed by atoms with E-state index in [2.05, 4.69) is 16.0 Å². The first-order valence-corrected chi connectivity index (χ1v) is 11.6. The van der Waals surface area contributed by atoms with Gasteiger partial charge in [-0.1, -0.05) is 78.9 Å². The van der Waals surface area contributed by atoms with Crippen molar-refractivity contribution in [2.45, 2.75) is 12.1 Å². The summed E-state index contributed by atoms with van der Waals surface area (Å²) in [7, 11) is 0. The fourth-order valence-corrected chi connectivity index (χ4v) is 4.42. The van der Waals surface area contributed by atoms with Crippen LogP contribution in [0, 0.1) is 0 Å². The summed E-state index contributed by atoms with van der Waals surface area (Å²) in [6.07, 6.45) is -2.51. The van der Waals surface area contributed by atoms with Crippen LogP contribution in [0.1, 0.15) is 28.8 Å². The highest BCUT2D eigenvalue weighted by atomic mass is 16.6. The van der Waals surface area contributed by atoms with E-state index in [0.29, 0.717) is 16.9 Å². The lowest BCUT2D eigenvalue weighted by atomic mass is 10.1. The molecule has 5 rings (SSSR count). The second-order valence-electron chi connectivity index (χ2n) is 8.44. The van der Waals surface area contributed by atoms with Crippen molar-refractivity contribution in [3.63, 3.8) is 0 Å². The third-order valence-corrected chi connectivity index (χ3v) is 6.06. The van der Waals surface area contributed by atoms with Crippen LogP contribution in [0.5, 0.6) is 0 Å². The molecule has 37 heavy (non-hydrogen) atoms. The molecular weight excluding hydrogens is 470 g/mol. The summed E-state index contributed by atoms with van der Waals surface area (Å²) in [5.41, 5.74) is 5.17. The second-order valence-corrected chi connectivity index (χ2v) is 8.44. The van der Waals surface area contributed by atoms with Crippen LogP contribution >= 0.6 is 0 Å². The highest BCUT2D eigenvalue weighted by Gasteiger charge is 2.32. The van der Waals surface area contributed by atoms with Crippen LogP contribution in [0.2, 0.25) is 0 Å². The van der Waals surface area contributed by atoms with Crippen molar-refractivity contribution >= 4 is 29.5 Å². The normalized spacial score (nSPS) is 12.5. The van der Waals surface area contributed by atoms with Crippen molar-refractivity contribution in [3.8, 4) is 11.1 Å². The topological polar surface area (TPSA) is 117 Å². The van der Waals surface area contributed by atoms with E-state index in [1.807, 2.05) is 54.6 Å². The molecule has 184 valence electrons. The summed E-state index contributed by atoms with van der Waals surface area (Å²) in [6.45, 7) is 0. The first kappa shape index (κ1) is 23.6. The minimum Gasteiger partial charge on any atom is -0.465 e. The molecule has 1 aliphatic carbocycles. The van der Waals surface area contributed by atoms with Crippen LogP contribution in [-0.2, 0) is 9.53 Å². The Bertz CT molecular complexity index is 1410. The number of fused-ring (bicyclic) bond motifs is 3. The number of carboxylic acid groups (broad SMARTS) is 1. The number of carbonyl (C=O) groups is 3. The van der Waals surface area contributed by atoms with Crippen molar-refractivity contribution in [1.82, 2.24) is 5.32 Å². The first-order chi connectivity index (χ1) is 18.0. The number of ether oxygens (including phenoxy) is 1. The first-order valence-electron chi connectivity index (χ1n) is 11.6. The van der Waals surface area contributed by atoms with Crippen LogP contribution in [0.25, 0.3) is 11.1 Å². The Morgan fingerprint density at radius 1 is 0.676 bits per heavy atom. The molecule has 1 unspecified atom stereocenters. The Labute approximate surface area is 212 Å². The van der Waals surface area contributed by atoms with Gasteiger partial charge in [0.15, 0.2) is 6.10 Å². The molecule has 3 amide bonds. The standard InChI is InChI=1S/C29H23N3O5/c33-27(30-19-14-16-20(17-15-19)31-28(34)35)25(18-8-2-1-3-9-18)32-29(36)37-26-23-12-6-4-10-21(23)22-11-5-7-13-24(22)26/h1-17,25-26,31H,(H,30,33)(H,32,36)(H,34,35). The molecule has 8 nitrogen and oxygen atoms in total. The number of nitrogens with one attached hydrogen (secondary N) is 3. The average molecular weight is 494 g/mol. The monoisotopic (exact) mass is 493 g/mol. The van der Waals surface area contributed by atoms with E-state index in [0.717, 1.165) is 22.3 Å². The zero-order chi connectivity index (χ0) is 25.8. The molecule has 1 aliphatic rings. The van der Waals surface area contributed by atoms with Crippen molar-refractivity contribution in [1.29, 1.82) is 0 Å². The van der Waals surface area contributed by atoms with Crippen LogP contribution in [0.4, 0.5) is 21.0 Å². The molecule has 0 saturated heterocycles. The molecule has 0 aliphatic heterocycles. The maximum Gasteiger partial charge on any atom is 0.409 e. The van der Waals surface area contributed by atoms with E-state index in [-0.39, 0.29) is 0 Å². The molecule has 0 bridgehead atoms. The van der Waals surface area contributed by atoms with Gasteiger partial charge in [0.2, 0.25) is 0 Å². The third-order valence-electron chi connectivity index (χ3n) is 6.06. The summed E-state index contributed by atoms with van der Waals surface area (Å²) >= 11 is 0. The largest absolute Gasteiger partial charge is 0.465 e. The number of carbonyl (C=O) groups excluding carboxylic acids is 2. The van der Waals surface area contributed by atoms with Gasteiger partial charge in [-0.05, 0) is 41.0 Å². The van der Waals surface area contributed by atoms with Crippen LogP contribution in [-0.4, -0.2) is 23.2 Å². The van der Waals surface area contributed by atoms with Gasteiger partial charge in [-0.25, -0.2) is 9.59 Å². The van der Waals surface area contributed by atoms with Gasteiger partial charge in [-0.2, -0.15) is 0 Å². The number of alkyl carbamates (subject to hydrolysis) is 1. The molecule has 0 heterocycles. The Kier molecular flexibility index (Phi) is 6.54. The number of amides is 3.